The Bertz CT molecular complexity index is 533. The quantitative estimate of drug-likeness (QED) is 0.899. The number of aliphatic carboxylic acids is 1. The number of likely N-dealkylation sites (tertiary alicyclic amines) is 1. The van der Waals surface area contributed by atoms with Gasteiger partial charge in [-0.05, 0) is 37.5 Å². The van der Waals surface area contributed by atoms with Crippen LogP contribution in [0.15, 0.2) is 18.2 Å². The summed E-state index contributed by atoms with van der Waals surface area (Å²) in [5.41, 5.74) is 0.254. The Hall–Kier alpha value is -1.82. The van der Waals surface area contributed by atoms with Crippen molar-refractivity contribution < 1.29 is 19.1 Å². The molecule has 5 nitrogen and oxygen atoms in total. The van der Waals surface area contributed by atoms with Crippen LogP contribution in [0, 0.1) is 5.82 Å². The summed E-state index contributed by atoms with van der Waals surface area (Å²) in [6, 6.07) is 2.99. The number of anilines is 1. The Labute approximate surface area is 126 Å². The van der Waals surface area contributed by atoms with Crippen LogP contribution in [-0.4, -0.2) is 34.6 Å². The largest absolute Gasteiger partial charge is 0.481 e. The van der Waals surface area contributed by atoms with Crippen molar-refractivity contribution >= 4 is 29.3 Å². The van der Waals surface area contributed by atoms with Crippen LogP contribution in [0.25, 0.3) is 0 Å². The second-order valence-electron chi connectivity index (χ2n) is 5.03. The molecule has 1 aromatic carbocycles. The number of hydrogen-bond acceptors (Lipinski definition) is 2. The van der Waals surface area contributed by atoms with Crippen molar-refractivity contribution in [1.82, 2.24) is 4.90 Å². The molecule has 2 rings (SSSR count). The third kappa shape index (κ3) is 4.32. The van der Waals surface area contributed by atoms with Crippen LogP contribution in [0.2, 0.25) is 5.02 Å². The SMILES string of the molecule is O=C(O)CC1CCCCN1C(=O)Nc1cc(F)cc(Cl)c1. The predicted octanol–water partition coefficient (Wildman–Crippen LogP) is 3.34. The van der Waals surface area contributed by atoms with Gasteiger partial charge in [-0.1, -0.05) is 11.6 Å². The van der Waals surface area contributed by atoms with Gasteiger partial charge in [0.05, 0.1) is 6.42 Å². The highest BCUT2D eigenvalue weighted by Crippen LogP contribution is 2.22. The van der Waals surface area contributed by atoms with Crippen LogP contribution in [0.4, 0.5) is 14.9 Å². The van der Waals surface area contributed by atoms with Gasteiger partial charge in [-0.25, -0.2) is 9.18 Å². The highest BCUT2D eigenvalue weighted by atomic mass is 35.5. The minimum atomic E-state index is -0.937. The predicted molar refractivity (Wildman–Crippen MR) is 77.0 cm³/mol. The standard InChI is InChI=1S/C14H16ClFN2O3/c15-9-5-10(16)7-11(6-9)17-14(21)18-4-2-1-3-12(18)8-13(19)20/h5-7,12H,1-4,8H2,(H,17,21)(H,19,20). The molecule has 2 amide bonds. The second-order valence-corrected chi connectivity index (χ2v) is 5.47. The van der Waals surface area contributed by atoms with Gasteiger partial charge >= 0.3 is 12.0 Å². The lowest BCUT2D eigenvalue weighted by Crippen LogP contribution is -2.46. The monoisotopic (exact) mass is 314 g/mol. The maximum Gasteiger partial charge on any atom is 0.322 e. The number of carbonyl (C=O) groups is 2. The first-order valence-electron chi connectivity index (χ1n) is 6.71. The lowest BCUT2D eigenvalue weighted by atomic mass is 10.00. The molecular formula is C14H16ClFN2O3. The number of amides is 2. The van der Waals surface area contributed by atoms with Crippen LogP contribution < -0.4 is 5.32 Å². The molecule has 0 spiro atoms. The van der Waals surface area contributed by atoms with Gasteiger partial charge in [-0.15, -0.1) is 0 Å². The van der Waals surface area contributed by atoms with E-state index in [0.29, 0.717) is 13.0 Å². The molecule has 0 aliphatic carbocycles. The molecule has 114 valence electrons. The fraction of sp³-hybridized carbons (Fsp3) is 0.429. The van der Waals surface area contributed by atoms with Gasteiger partial charge in [-0.3, -0.25) is 4.79 Å². The molecule has 0 radical (unpaired) electrons. The van der Waals surface area contributed by atoms with E-state index in [1.54, 1.807) is 0 Å². The molecule has 7 heteroatoms. The number of rotatable bonds is 3. The summed E-state index contributed by atoms with van der Waals surface area (Å²) < 4.78 is 13.2. The van der Waals surface area contributed by atoms with Gasteiger partial charge in [0.1, 0.15) is 5.82 Å². The van der Waals surface area contributed by atoms with Crippen molar-refractivity contribution in [3.05, 3.63) is 29.0 Å². The van der Waals surface area contributed by atoms with Crippen LogP contribution in [0.1, 0.15) is 25.7 Å². The summed E-state index contributed by atoms with van der Waals surface area (Å²) in [5.74, 6) is -1.48. The lowest BCUT2D eigenvalue weighted by Gasteiger charge is -2.34. The number of benzene rings is 1. The van der Waals surface area contributed by atoms with E-state index in [9.17, 15) is 14.0 Å². The van der Waals surface area contributed by atoms with Crippen molar-refractivity contribution in [3.8, 4) is 0 Å². The molecule has 1 aromatic rings. The first-order chi connectivity index (χ1) is 9.95. The van der Waals surface area contributed by atoms with Gasteiger partial charge in [0.15, 0.2) is 0 Å². The molecule has 2 N–H and O–H groups in total. The van der Waals surface area contributed by atoms with E-state index in [4.69, 9.17) is 16.7 Å². The Morgan fingerprint density at radius 1 is 1.38 bits per heavy atom. The Morgan fingerprint density at radius 3 is 2.81 bits per heavy atom. The van der Waals surface area contributed by atoms with E-state index in [2.05, 4.69) is 5.32 Å². The Morgan fingerprint density at radius 2 is 2.14 bits per heavy atom. The van der Waals surface area contributed by atoms with E-state index >= 15 is 0 Å². The lowest BCUT2D eigenvalue weighted by molar-refractivity contribution is -0.138. The number of hydrogen-bond donors (Lipinski definition) is 2. The highest BCUT2D eigenvalue weighted by molar-refractivity contribution is 6.30. The Kier molecular flexibility index (Phi) is 5.01. The molecule has 1 unspecified atom stereocenters. The van der Waals surface area contributed by atoms with Gasteiger partial charge in [0, 0.05) is 23.3 Å². The van der Waals surface area contributed by atoms with Gasteiger partial charge in [0.25, 0.3) is 0 Å². The average molecular weight is 315 g/mol. The van der Waals surface area contributed by atoms with Gasteiger partial charge < -0.3 is 15.3 Å². The van der Waals surface area contributed by atoms with Crippen molar-refractivity contribution in [2.24, 2.45) is 0 Å². The van der Waals surface area contributed by atoms with Crippen LogP contribution >= 0.6 is 11.6 Å². The van der Waals surface area contributed by atoms with Crippen LogP contribution in [0.5, 0.6) is 0 Å². The normalized spacial score (nSPS) is 18.4. The zero-order chi connectivity index (χ0) is 15.4. The molecule has 1 atom stereocenters. The Balaban J connectivity index is 2.08. The summed E-state index contributed by atoms with van der Waals surface area (Å²) in [7, 11) is 0. The van der Waals surface area contributed by atoms with E-state index in [1.807, 2.05) is 0 Å². The number of halogens is 2. The number of carboxylic acid groups (broad SMARTS) is 1. The summed E-state index contributed by atoms with van der Waals surface area (Å²) in [5, 5.41) is 11.7. The maximum atomic E-state index is 13.2. The first kappa shape index (κ1) is 15.6. The minimum absolute atomic E-state index is 0.0860. The molecular weight excluding hydrogens is 299 g/mol. The van der Waals surface area contributed by atoms with Gasteiger partial charge in [0.2, 0.25) is 0 Å². The minimum Gasteiger partial charge on any atom is -0.481 e. The van der Waals surface area contributed by atoms with Crippen molar-refractivity contribution in [1.29, 1.82) is 0 Å². The van der Waals surface area contributed by atoms with E-state index in [0.717, 1.165) is 18.9 Å². The molecule has 1 aliphatic rings. The molecule has 0 saturated carbocycles. The van der Waals surface area contributed by atoms with Gasteiger partial charge in [-0.2, -0.15) is 0 Å². The molecule has 1 aliphatic heterocycles. The summed E-state index contributed by atoms with van der Waals surface area (Å²) >= 11 is 5.73. The highest BCUT2D eigenvalue weighted by Gasteiger charge is 2.28. The third-order valence-electron chi connectivity index (χ3n) is 3.41. The van der Waals surface area contributed by atoms with Crippen molar-refractivity contribution in [3.63, 3.8) is 0 Å². The summed E-state index contributed by atoms with van der Waals surface area (Å²) in [6.45, 7) is 0.493. The van der Waals surface area contributed by atoms with E-state index < -0.39 is 17.8 Å². The van der Waals surface area contributed by atoms with Crippen LogP contribution in [-0.2, 0) is 4.79 Å². The topological polar surface area (TPSA) is 69.6 Å². The van der Waals surface area contributed by atoms with E-state index in [-0.39, 0.29) is 23.2 Å². The number of piperidine rings is 1. The second kappa shape index (κ2) is 6.76. The number of nitrogens with zero attached hydrogens (tertiary/aromatic N) is 1. The maximum absolute atomic E-state index is 13.2. The third-order valence-corrected chi connectivity index (χ3v) is 3.63. The molecule has 1 fully saturated rings. The number of nitrogens with one attached hydrogen (secondary N) is 1. The van der Waals surface area contributed by atoms with Crippen LogP contribution in [0.3, 0.4) is 0 Å². The number of carbonyl (C=O) groups excluding carboxylic acids is 1. The fourth-order valence-corrected chi connectivity index (χ4v) is 2.72. The molecule has 0 aromatic heterocycles. The first-order valence-corrected chi connectivity index (χ1v) is 7.09. The molecule has 1 heterocycles. The zero-order valence-corrected chi connectivity index (χ0v) is 12.1. The summed E-state index contributed by atoms with van der Waals surface area (Å²) in [4.78, 5) is 24.6. The van der Waals surface area contributed by atoms with Crippen molar-refractivity contribution in [2.45, 2.75) is 31.7 Å². The molecule has 1 saturated heterocycles. The average Bonchev–Trinajstić information content (AvgIpc) is 2.37. The molecule has 0 bridgehead atoms. The number of carboxylic acids is 1. The number of urea groups is 1. The smallest absolute Gasteiger partial charge is 0.322 e. The van der Waals surface area contributed by atoms with Crippen molar-refractivity contribution in [2.75, 3.05) is 11.9 Å². The summed E-state index contributed by atoms with van der Waals surface area (Å²) in [6.07, 6.45) is 2.29. The fourth-order valence-electron chi connectivity index (χ4n) is 2.50. The zero-order valence-electron chi connectivity index (χ0n) is 11.3. The molecule has 21 heavy (non-hydrogen) atoms. The van der Waals surface area contributed by atoms with E-state index in [1.165, 1.54) is 17.0 Å².